The Kier molecular flexibility index (Phi) is 5.36. The third kappa shape index (κ3) is 4.10. The van der Waals surface area contributed by atoms with Gasteiger partial charge in [-0.3, -0.25) is 0 Å². The van der Waals surface area contributed by atoms with Crippen LogP contribution in [0.1, 0.15) is 0 Å². The fourth-order valence-electron chi connectivity index (χ4n) is 1.59. The summed E-state index contributed by atoms with van der Waals surface area (Å²) in [4.78, 5) is -0.418. The average Bonchev–Trinajstić information content (AvgIpc) is 2.36. The fourth-order valence-corrected chi connectivity index (χ4v) is 6.45. The third-order valence-electron chi connectivity index (χ3n) is 2.46. The Labute approximate surface area is 155 Å². The van der Waals surface area contributed by atoms with Crippen molar-refractivity contribution in [2.24, 2.45) is 0 Å². The zero-order chi connectivity index (χ0) is 16.5. The normalized spacial score (nSPS) is 12.1. The lowest BCUT2D eigenvalue weighted by molar-refractivity contribution is 0.461. The van der Waals surface area contributed by atoms with Crippen LogP contribution in [0.4, 0.5) is 0 Å². The Morgan fingerprint density at radius 3 is 1.86 bits per heavy atom. The van der Waals surface area contributed by atoms with Gasteiger partial charge in [-0.15, -0.1) is 0 Å². The zero-order valence-corrected chi connectivity index (χ0v) is 16.5. The number of hydrogen-bond donors (Lipinski definition) is 0. The predicted molar refractivity (Wildman–Crippen MR) is 94.1 cm³/mol. The molecule has 0 aliphatic heterocycles. The maximum absolute atomic E-state index is 12.1. The largest absolute Gasteiger partial charge is 0.744 e. The molecular weight excluding hydrogens is 558 g/mol. The molecule has 6 nitrogen and oxygen atoms in total. The van der Waals surface area contributed by atoms with Crippen LogP contribution in [0.3, 0.4) is 0 Å². The van der Waals surface area contributed by atoms with Crippen LogP contribution in [0.5, 0.6) is 5.75 Å². The summed E-state index contributed by atoms with van der Waals surface area (Å²) in [5, 5.41) is 0. The first-order chi connectivity index (χ1) is 10.1. The van der Waals surface area contributed by atoms with Crippen LogP contribution < -0.4 is 4.18 Å². The summed E-state index contributed by atoms with van der Waals surface area (Å²) in [6.45, 7) is 0. The van der Waals surface area contributed by atoms with Crippen molar-refractivity contribution in [3.05, 3.63) is 49.6 Å². The van der Waals surface area contributed by atoms with Gasteiger partial charge >= 0.3 is 10.1 Å². The first-order valence-electron chi connectivity index (χ1n) is 5.56. The molecule has 0 spiro atoms. The molecular formula is C12H7I2O6S2-. The van der Waals surface area contributed by atoms with E-state index in [4.69, 9.17) is 4.18 Å². The first-order valence-corrected chi connectivity index (χ1v) is 10.5. The Morgan fingerprint density at radius 1 is 0.909 bits per heavy atom. The molecule has 0 amide bonds. The molecule has 118 valence electrons. The lowest BCUT2D eigenvalue weighted by Crippen LogP contribution is -2.11. The standard InChI is InChI=1S/C12H8I2O6S2/c13-10-6-8(7-11(14)12(10)21(15,16)17)20-22(18,19)9-4-2-1-3-5-9/h1-7H,(H,15,16,17)/p-1. The van der Waals surface area contributed by atoms with E-state index in [2.05, 4.69) is 0 Å². The van der Waals surface area contributed by atoms with Crippen LogP contribution in [-0.2, 0) is 20.2 Å². The van der Waals surface area contributed by atoms with Gasteiger partial charge in [-0.2, -0.15) is 8.42 Å². The molecule has 0 atom stereocenters. The molecule has 0 aromatic heterocycles. The zero-order valence-electron chi connectivity index (χ0n) is 10.6. The van der Waals surface area contributed by atoms with Crippen molar-refractivity contribution in [3.63, 3.8) is 0 Å². The molecule has 10 heteroatoms. The van der Waals surface area contributed by atoms with Crippen molar-refractivity contribution in [2.45, 2.75) is 9.79 Å². The van der Waals surface area contributed by atoms with Crippen LogP contribution >= 0.6 is 45.2 Å². The van der Waals surface area contributed by atoms with Gasteiger partial charge in [0.05, 0.1) is 4.90 Å². The van der Waals surface area contributed by atoms with Crippen LogP contribution in [0, 0.1) is 7.14 Å². The molecule has 2 aromatic carbocycles. The van der Waals surface area contributed by atoms with Crippen LogP contribution in [0.2, 0.25) is 0 Å². The molecule has 2 aromatic rings. The maximum Gasteiger partial charge on any atom is 0.339 e. The van der Waals surface area contributed by atoms with E-state index in [1.807, 2.05) is 0 Å². The second-order valence-electron chi connectivity index (χ2n) is 4.02. The molecule has 0 fully saturated rings. The van der Waals surface area contributed by atoms with E-state index in [1.165, 1.54) is 24.3 Å². The Balaban J connectivity index is 2.45. The summed E-state index contributed by atoms with van der Waals surface area (Å²) in [5.74, 6) is -0.0648. The smallest absolute Gasteiger partial charge is 0.339 e. The SMILES string of the molecule is O=S(=O)([O-])c1c(I)cc(OS(=O)(=O)c2ccccc2)cc1I. The Hall–Kier alpha value is -0.440. The van der Waals surface area contributed by atoms with Gasteiger partial charge in [0.25, 0.3) is 0 Å². The summed E-state index contributed by atoms with van der Waals surface area (Å²) in [5.41, 5.74) is 0. The number of benzene rings is 2. The van der Waals surface area contributed by atoms with Crippen molar-refractivity contribution in [1.82, 2.24) is 0 Å². The minimum atomic E-state index is -4.65. The van der Waals surface area contributed by atoms with E-state index in [0.29, 0.717) is 0 Å². The summed E-state index contributed by atoms with van der Waals surface area (Å²) < 4.78 is 62.9. The number of hydrogen-bond acceptors (Lipinski definition) is 6. The highest BCUT2D eigenvalue weighted by Crippen LogP contribution is 2.30. The molecule has 0 heterocycles. The van der Waals surface area contributed by atoms with Gasteiger partial charge in [0.15, 0.2) is 0 Å². The minimum Gasteiger partial charge on any atom is -0.744 e. The van der Waals surface area contributed by atoms with Gasteiger partial charge < -0.3 is 8.74 Å². The van der Waals surface area contributed by atoms with Gasteiger partial charge in [-0.1, -0.05) is 18.2 Å². The Morgan fingerprint density at radius 2 is 1.41 bits per heavy atom. The van der Waals surface area contributed by atoms with Gasteiger partial charge in [-0.25, -0.2) is 8.42 Å². The second kappa shape index (κ2) is 6.59. The van der Waals surface area contributed by atoms with Crippen molar-refractivity contribution in [3.8, 4) is 5.75 Å². The van der Waals surface area contributed by atoms with Crippen molar-refractivity contribution < 1.29 is 25.6 Å². The number of halogens is 2. The quantitative estimate of drug-likeness (QED) is 0.321. The average molecular weight is 565 g/mol. The van der Waals surface area contributed by atoms with E-state index in [1.54, 1.807) is 63.4 Å². The highest BCUT2D eigenvalue weighted by Gasteiger charge is 2.19. The fraction of sp³-hybridized carbons (Fsp3) is 0. The summed E-state index contributed by atoms with van der Waals surface area (Å²) in [7, 11) is -8.68. The van der Waals surface area contributed by atoms with E-state index < -0.39 is 25.1 Å². The molecule has 0 saturated carbocycles. The number of rotatable bonds is 4. The molecule has 2 rings (SSSR count). The second-order valence-corrected chi connectivity index (χ2v) is 9.21. The third-order valence-corrected chi connectivity index (χ3v) is 7.09. The molecule has 0 aliphatic carbocycles. The summed E-state index contributed by atoms with van der Waals surface area (Å²) in [6, 6.07) is 9.90. The van der Waals surface area contributed by atoms with E-state index in [0.717, 1.165) is 0 Å². The molecule has 0 saturated heterocycles. The van der Waals surface area contributed by atoms with E-state index in [-0.39, 0.29) is 17.8 Å². The topological polar surface area (TPSA) is 101 Å². The minimum absolute atomic E-state index is 0.0273. The predicted octanol–water partition coefficient (Wildman–Crippen LogP) is 2.57. The first kappa shape index (κ1) is 17.9. The van der Waals surface area contributed by atoms with Crippen LogP contribution in [0.15, 0.2) is 52.3 Å². The Bertz CT molecular complexity index is 885. The molecule has 0 aliphatic rings. The van der Waals surface area contributed by atoms with Crippen molar-refractivity contribution in [2.75, 3.05) is 0 Å². The lowest BCUT2D eigenvalue weighted by atomic mass is 10.3. The molecule has 0 N–H and O–H groups in total. The maximum atomic E-state index is 12.1. The summed E-state index contributed by atoms with van der Waals surface area (Å²) in [6.07, 6.45) is 0. The van der Waals surface area contributed by atoms with Gasteiger partial charge in [-0.05, 0) is 69.4 Å². The van der Waals surface area contributed by atoms with Crippen molar-refractivity contribution >= 4 is 65.4 Å². The van der Waals surface area contributed by atoms with Gasteiger partial charge in [0.1, 0.15) is 20.8 Å². The van der Waals surface area contributed by atoms with Gasteiger partial charge in [0.2, 0.25) is 0 Å². The lowest BCUT2D eigenvalue weighted by Gasteiger charge is -2.14. The van der Waals surface area contributed by atoms with Gasteiger partial charge in [0, 0.05) is 7.14 Å². The monoisotopic (exact) mass is 565 g/mol. The molecule has 0 unspecified atom stereocenters. The van der Waals surface area contributed by atoms with Crippen LogP contribution in [0.25, 0.3) is 0 Å². The van der Waals surface area contributed by atoms with E-state index >= 15 is 0 Å². The van der Waals surface area contributed by atoms with Crippen LogP contribution in [-0.4, -0.2) is 21.4 Å². The molecule has 0 radical (unpaired) electrons. The molecule has 22 heavy (non-hydrogen) atoms. The van der Waals surface area contributed by atoms with Crippen molar-refractivity contribution in [1.29, 1.82) is 0 Å². The molecule has 0 bridgehead atoms. The van der Waals surface area contributed by atoms with E-state index in [9.17, 15) is 21.4 Å². The summed E-state index contributed by atoms with van der Waals surface area (Å²) >= 11 is 3.29. The highest BCUT2D eigenvalue weighted by molar-refractivity contribution is 14.1. The highest BCUT2D eigenvalue weighted by atomic mass is 127.